The Morgan fingerprint density at radius 2 is 2.46 bits per heavy atom. The smallest absolute Gasteiger partial charge is 0.0963 e. The van der Waals surface area contributed by atoms with Crippen LogP contribution in [0.1, 0.15) is 31.2 Å². The van der Waals surface area contributed by atoms with Gasteiger partial charge < -0.3 is 15.3 Å². The number of aliphatic hydroxyl groups is 1. The average molecular weight is 181 g/mol. The van der Waals surface area contributed by atoms with E-state index in [-0.39, 0.29) is 6.04 Å². The summed E-state index contributed by atoms with van der Waals surface area (Å²) in [6, 6.07) is 1.94. The van der Waals surface area contributed by atoms with E-state index in [9.17, 15) is 5.11 Å². The molecular weight excluding hydrogens is 166 g/mol. The second-order valence-corrected chi connectivity index (χ2v) is 3.90. The van der Waals surface area contributed by atoms with Crippen molar-refractivity contribution in [2.24, 2.45) is 5.73 Å². The first-order chi connectivity index (χ1) is 6.21. The van der Waals surface area contributed by atoms with Gasteiger partial charge in [0, 0.05) is 11.6 Å². The fourth-order valence-electron chi connectivity index (χ4n) is 2.09. The molecule has 2 atom stereocenters. The van der Waals surface area contributed by atoms with E-state index in [4.69, 9.17) is 10.2 Å². The van der Waals surface area contributed by atoms with Crippen LogP contribution in [-0.2, 0) is 5.60 Å². The van der Waals surface area contributed by atoms with E-state index in [1.807, 2.05) is 6.07 Å². The standard InChI is InChI=1S/C10H15NO2/c11-9-2-1-4-10(12,6-9)8-3-5-13-7-8/h3,5,7,9,12H,1-2,4,6,11H2. The van der Waals surface area contributed by atoms with Crippen molar-refractivity contribution in [2.75, 3.05) is 0 Å². The van der Waals surface area contributed by atoms with Crippen LogP contribution in [0.3, 0.4) is 0 Å². The molecule has 3 N–H and O–H groups in total. The predicted molar refractivity (Wildman–Crippen MR) is 49.0 cm³/mol. The van der Waals surface area contributed by atoms with Gasteiger partial charge in [-0.3, -0.25) is 0 Å². The number of rotatable bonds is 1. The summed E-state index contributed by atoms with van der Waals surface area (Å²) >= 11 is 0. The van der Waals surface area contributed by atoms with Crippen molar-refractivity contribution in [1.82, 2.24) is 0 Å². The molecule has 0 aliphatic heterocycles. The fraction of sp³-hybridized carbons (Fsp3) is 0.600. The summed E-state index contributed by atoms with van der Waals surface area (Å²) in [5.74, 6) is 0. The quantitative estimate of drug-likeness (QED) is 0.687. The third-order valence-corrected chi connectivity index (χ3v) is 2.82. The van der Waals surface area contributed by atoms with Gasteiger partial charge in [-0.05, 0) is 31.7 Å². The van der Waals surface area contributed by atoms with Crippen LogP contribution in [0.4, 0.5) is 0 Å². The zero-order chi connectivity index (χ0) is 9.31. The third kappa shape index (κ3) is 1.62. The molecule has 1 aromatic rings. The lowest BCUT2D eigenvalue weighted by molar-refractivity contribution is -0.00762. The Balaban J connectivity index is 2.20. The molecule has 1 heterocycles. The molecule has 3 heteroatoms. The van der Waals surface area contributed by atoms with Crippen LogP contribution in [0.25, 0.3) is 0 Å². The van der Waals surface area contributed by atoms with Gasteiger partial charge in [0.15, 0.2) is 0 Å². The molecule has 0 amide bonds. The van der Waals surface area contributed by atoms with Gasteiger partial charge in [0.05, 0.1) is 18.1 Å². The molecule has 0 spiro atoms. The predicted octanol–water partition coefficient (Wildman–Crippen LogP) is 1.37. The van der Waals surface area contributed by atoms with Crippen LogP contribution >= 0.6 is 0 Å². The molecule has 3 nitrogen and oxygen atoms in total. The van der Waals surface area contributed by atoms with Crippen LogP contribution in [0.15, 0.2) is 23.0 Å². The first kappa shape index (κ1) is 8.78. The van der Waals surface area contributed by atoms with Crippen molar-refractivity contribution in [3.05, 3.63) is 24.2 Å². The van der Waals surface area contributed by atoms with Crippen molar-refractivity contribution in [3.8, 4) is 0 Å². The second kappa shape index (κ2) is 3.16. The third-order valence-electron chi connectivity index (χ3n) is 2.82. The van der Waals surface area contributed by atoms with E-state index < -0.39 is 5.60 Å². The molecule has 1 saturated carbocycles. The highest BCUT2D eigenvalue weighted by molar-refractivity contribution is 5.17. The average Bonchev–Trinajstić information content (AvgIpc) is 2.55. The van der Waals surface area contributed by atoms with Gasteiger partial charge in [0.2, 0.25) is 0 Å². The maximum Gasteiger partial charge on any atom is 0.0963 e. The molecule has 13 heavy (non-hydrogen) atoms. The summed E-state index contributed by atoms with van der Waals surface area (Å²) in [4.78, 5) is 0. The van der Waals surface area contributed by atoms with Crippen molar-refractivity contribution in [3.63, 3.8) is 0 Å². The molecule has 0 radical (unpaired) electrons. The molecular formula is C10H15NO2. The largest absolute Gasteiger partial charge is 0.472 e. The van der Waals surface area contributed by atoms with Gasteiger partial charge in [0.1, 0.15) is 0 Å². The highest BCUT2D eigenvalue weighted by Crippen LogP contribution is 2.36. The van der Waals surface area contributed by atoms with Gasteiger partial charge >= 0.3 is 0 Å². The number of hydrogen-bond acceptors (Lipinski definition) is 3. The summed E-state index contributed by atoms with van der Waals surface area (Å²) in [7, 11) is 0. The van der Waals surface area contributed by atoms with E-state index in [0.29, 0.717) is 6.42 Å². The Labute approximate surface area is 77.5 Å². The molecule has 1 aliphatic carbocycles. The highest BCUT2D eigenvalue weighted by Gasteiger charge is 2.35. The van der Waals surface area contributed by atoms with E-state index in [0.717, 1.165) is 24.8 Å². The maximum absolute atomic E-state index is 10.3. The van der Waals surface area contributed by atoms with Gasteiger partial charge in [-0.2, -0.15) is 0 Å². The normalized spacial score (nSPS) is 34.8. The van der Waals surface area contributed by atoms with Crippen molar-refractivity contribution < 1.29 is 9.52 Å². The minimum absolute atomic E-state index is 0.119. The van der Waals surface area contributed by atoms with Crippen molar-refractivity contribution >= 4 is 0 Å². The lowest BCUT2D eigenvalue weighted by atomic mass is 9.78. The lowest BCUT2D eigenvalue weighted by Crippen LogP contribution is -2.38. The van der Waals surface area contributed by atoms with Gasteiger partial charge in [0.25, 0.3) is 0 Å². The Hall–Kier alpha value is -0.800. The second-order valence-electron chi connectivity index (χ2n) is 3.90. The number of nitrogens with two attached hydrogens (primary N) is 1. The highest BCUT2D eigenvalue weighted by atomic mass is 16.3. The molecule has 2 unspecified atom stereocenters. The van der Waals surface area contributed by atoms with Crippen LogP contribution in [0.5, 0.6) is 0 Å². The Bertz CT molecular complexity index is 270. The first-order valence-electron chi connectivity index (χ1n) is 4.71. The Kier molecular flexibility index (Phi) is 2.14. The van der Waals surface area contributed by atoms with Crippen molar-refractivity contribution in [1.29, 1.82) is 0 Å². The SMILES string of the molecule is NC1CCCC(O)(c2ccoc2)C1. The number of furan rings is 1. The minimum atomic E-state index is -0.745. The van der Waals surface area contributed by atoms with E-state index in [1.165, 1.54) is 0 Å². The zero-order valence-electron chi connectivity index (χ0n) is 7.57. The van der Waals surface area contributed by atoms with E-state index >= 15 is 0 Å². The lowest BCUT2D eigenvalue weighted by Gasteiger charge is -2.34. The molecule has 0 saturated heterocycles. The Morgan fingerprint density at radius 3 is 3.08 bits per heavy atom. The van der Waals surface area contributed by atoms with Crippen LogP contribution in [0.2, 0.25) is 0 Å². The van der Waals surface area contributed by atoms with Crippen molar-refractivity contribution in [2.45, 2.75) is 37.3 Å². The topological polar surface area (TPSA) is 59.4 Å². The van der Waals surface area contributed by atoms with Gasteiger partial charge in [-0.15, -0.1) is 0 Å². The zero-order valence-corrected chi connectivity index (χ0v) is 7.57. The minimum Gasteiger partial charge on any atom is -0.472 e. The summed E-state index contributed by atoms with van der Waals surface area (Å²) in [6.07, 6.45) is 6.64. The molecule has 1 aliphatic rings. The van der Waals surface area contributed by atoms with E-state index in [1.54, 1.807) is 12.5 Å². The van der Waals surface area contributed by atoms with Crippen LogP contribution in [0, 0.1) is 0 Å². The van der Waals surface area contributed by atoms with Crippen LogP contribution < -0.4 is 5.73 Å². The molecule has 72 valence electrons. The molecule has 2 rings (SSSR count). The molecule has 0 aromatic carbocycles. The van der Waals surface area contributed by atoms with Crippen LogP contribution in [-0.4, -0.2) is 11.1 Å². The first-order valence-corrected chi connectivity index (χ1v) is 4.71. The van der Waals surface area contributed by atoms with Gasteiger partial charge in [-0.1, -0.05) is 0 Å². The maximum atomic E-state index is 10.3. The Morgan fingerprint density at radius 1 is 1.62 bits per heavy atom. The number of hydrogen-bond donors (Lipinski definition) is 2. The monoisotopic (exact) mass is 181 g/mol. The fourth-order valence-corrected chi connectivity index (χ4v) is 2.09. The summed E-state index contributed by atoms with van der Waals surface area (Å²) < 4.78 is 4.97. The van der Waals surface area contributed by atoms with Gasteiger partial charge in [-0.25, -0.2) is 0 Å². The summed E-state index contributed by atoms with van der Waals surface area (Å²) in [6.45, 7) is 0. The molecule has 1 aromatic heterocycles. The summed E-state index contributed by atoms with van der Waals surface area (Å²) in [5, 5.41) is 10.3. The van der Waals surface area contributed by atoms with E-state index in [2.05, 4.69) is 0 Å². The molecule has 1 fully saturated rings. The summed E-state index contributed by atoms with van der Waals surface area (Å²) in [5.41, 5.74) is 5.94. The molecule has 0 bridgehead atoms.